The molecule has 1 heterocycles. The second-order valence-corrected chi connectivity index (χ2v) is 6.67. The molecule has 1 fully saturated rings. The Bertz CT molecular complexity index is 728. The fraction of sp³-hybridized carbons (Fsp3) is 0.350. The van der Waals surface area contributed by atoms with E-state index in [1.54, 1.807) is 7.11 Å². The molecule has 3 rings (SSSR count). The molecule has 132 valence electrons. The van der Waals surface area contributed by atoms with Crippen LogP contribution < -0.4 is 20.9 Å². The van der Waals surface area contributed by atoms with E-state index < -0.39 is 0 Å². The number of amides is 1. The summed E-state index contributed by atoms with van der Waals surface area (Å²) in [7, 11) is 1.65. The van der Waals surface area contributed by atoms with Crippen molar-refractivity contribution in [1.29, 1.82) is 0 Å². The lowest BCUT2D eigenvalue weighted by molar-refractivity contribution is -0.117. The number of benzene rings is 2. The Kier molecular flexibility index (Phi) is 5.36. The number of hydrazine groups is 1. The van der Waals surface area contributed by atoms with E-state index in [1.807, 2.05) is 36.4 Å². The highest BCUT2D eigenvalue weighted by Crippen LogP contribution is 2.26. The lowest BCUT2D eigenvalue weighted by atomic mass is 10.0. The number of carbonyl (C=O) groups excluding carboxylic acids is 1. The van der Waals surface area contributed by atoms with Crippen LogP contribution in [0.2, 0.25) is 0 Å². The summed E-state index contributed by atoms with van der Waals surface area (Å²) in [6, 6.07) is 15.7. The average Bonchev–Trinajstić information content (AvgIpc) is 3.12. The van der Waals surface area contributed by atoms with E-state index in [9.17, 15) is 4.79 Å². The maximum Gasteiger partial charge on any atom is 0.242 e. The van der Waals surface area contributed by atoms with Crippen molar-refractivity contribution in [2.24, 2.45) is 0 Å². The Balaban J connectivity index is 1.60. The van der Waals surface area contributed by atoms with Gasteiger partial charge in [0.2, 0.25) is 5.91 Å². The first-order chi connectivity index (χ1) is 12.1. The molecule has 3 N–H and O–H groups in total. The van der Waals surface area contributed by atoms with Gasteiger partial charge in [-0.1, -0.05) is 38.1 Å². The van der Waals surface area contributed by atoms with E-state index in [4.69, 9.17) is 4.74 Å². The van der Waals surface area contributed by atoms with Gasteiger partial charge in [0.05, 0.1) is 7.11 Å². The monoisotopic (exact) mass is 339 g/mol. The van der Waals surface area contributed by atoms with E-state index in [0.29, 0.717) is 12.3 Å². The zero-order valence-corrected chi connectivity index (χ0v) is 14.9. The molecule has 0 radical (unpaired) electrons. The Labute approximate surface area is 148 Å². The van der Waals surface area contributed by atoms with Gasteiger partial charge in [-0.2, -0.15) is 0 Å². The van der Waals surface area contributed by atoms with Crippen LogP contribution in [0.15, 0.2) is 48.5 Å². The summed E-state index contributed by atoms with van der Waals surface area (Å²) in [5, 5.41) is 2.98. The van der Waals surface area contributed by atoms with Crippen LogP contribution in [0.25, 0.3) is 0 Å². The number of ether oxygens (including phenoxy) is 1. The lowest BCUT2D eigenvalue weighted by Crippen LogP contribution is -2.39. The summed E-state index contributed by atoms with van der Waals surface area (Å²) in [6.07, 6.45) is 0.684. The molecule has 2 atom stereocenters. The standard InChI is InChI=1S/C20H25N3O2/c1-13(2)14-7-9-16(10-8-14)21-20(24)19-12-18(22-23-19)15-5-4-6-17(11-15)25-3/h4-11,13,18-19,22-23H,12H2,1-3H3,(H,21,24). The Morgan fingerprint density at radius 2 is 1.92 bits per heavy atom. The number of hydrogen-bond donors (Lipinski definition) is 3. The molecule has 2 aromatic rings. The molecule has 0 bridgehead atoms. The molecule has 1 saturated heterocycles. The minimum absolute atomic E-state index is 0.0322. The Hall–Kier alpha value is -2.37. The highest BCUT2D eigenvalue weighted by molar-refractivity contribution is 5.95. The van der Waals surface area contributed by atoms with E-state index in [1.165, 1.54) is 5.56 Å². The van der Waals surface area contributed by atoms with Crippen molar-refractivity contribution in [3.8, 4) is 5.75 Å². The molecule has 0 spiro atoms. The van der Waals surface area contributed by atoms with E-state index in [-0.39, 0.29) is 18.0 Å². The predicted octanol–water partition coefficient (Wildman–Crippen LogP) is 3.36. The number of anilines is 1. The van der Waals surface area contributed by atoms with Gasteiger partial charge in [-0.15, -0.1) is 0 Å². The molecule has 5 nitrogen and oxygen atoms in total. The number of carbonyl (C=O) groups is 1. The summed E-state index contributed by atoms with van der Waals surface area (Å²) in [5.74, 6) is 1.27. The van der Waals surface area contributed by atoms with Crippen LogP contribution in [0.5, 0.6) is 5.75 Å². The first kappa shape index (κ1) is 17.5. The molecule has 2 aromatic carbocycles. The fourth-order valence-corrected chi connectivity index (χ4v) is 2.99. The maximum atomic E-state index is 12.5. The SMILES string of the molecule is COc1cccc(C2CC(C(=O)Nc3ccc(C(C)C)cc3)NN2)c1. The number of methoxy groups -OCH3 is 1. The highest BCUT2D eigenvalue weighted by atomic mass is 16.5. The summed E-state index contributed by atoms with van der Waals surface area (Å²) >= 11 is 0. The fourth-order valence-electron chi connectivity index (χ4n) is 2.99. The van der Waals surface area contributed by atoms with Crippen molar-refractivity contribution < 1.29 is 9.53 Å². The normalized spacial score (nSPS) is 19.8. The zero-order valence-electron chi connectivity index (χ0n) is 14.9. The van der Waals surface area contributed by atoms with E-state index in [2.05, 4.69) is 42.1 Å². The first-order valence-corrected chi connectivity index (χ1v) is 8.62. The third-order valence-corrected chi connectivity index (χ3v) is 4.56. The van der Waals surface area contributed by atoms with Gasteiger partial charge in [0.15, 0.2) is 0 Å². The molecule has 25 heavy (non-hydrogen) atoms. The molecular weight excluding hydrogens is 314 g/mol. The van der Waals surface area contributed by atoms with Gasteiger partial charge in [-0.3, -0.25) is 4.79 Å². The van der Waals surface area contributed by atoms with Gasteiger partial charge < -0.3 is 10.1 Å². The summed E-state index contributed by atoms with van der Waals surface area (Å²) in [4.78, 5) is 12.5. The second-order valence-electron chi connectivity index (χ2n) is 6.67. The maximum absolute atomic E-state index is 12.5. The predicted molar refractivity (Wildman–Crippen MR) is 99.6 cm³/mol. The largest absolute Gasteiger partial charge is 0.497 e. The molecule has 1 amide bonds. The number of hydrogen-bond acceptors (Lipinski definition) is 4. The van der Waals surface area contributed by atoms with E-state index >= 15 is 0 Å². The van der Waals surface area contributed by atoms with Gasteiger partial charge in [-0.25, -0.2) is 10.9 Å². The van der Waals surface area contributed by atoms with Gasteiger partial charge in [0.25, 0.3) is 0 Å². The van der Waals surface area contributed by atoms with Crippen molar-refractivity contribution in [3.05, 3.63) is 59.7 Å². The molecule has 0 saturated carbocycles. The van der Waals surface area contributed by atoms with Crippen molar-refractivity contribution in [2.75, 3.05) is 12.4 Å². The molecule has 0 aliphatic carbocycles. The Morgan fingerprint density at radius 3 is 2.60 bits per heavy atom. The van der Waals surface area contributed by atoms with Crippen LogP contribution in [-0.4, -0.2) is 19.1 Å². The smallest absolute Gasteiger partial charge is 0.242 e. The van der Waals surface area contributed by atoms with Crippen molar-refractivity contribution in [1.82, 2.24) is 10.9 Å². The molecular formula is C20H25N3O2. The lowest BCUT2D eigenvalue weighted by Gasteiger charge is -2.12. The quantitative estimate of drug-likeness (QED) is 0.782. The minimum atomic E-state index is -0.277. The number of rotatable bonds is 5. The van der Waals surface area contributed by atoms with Gasteiger partial charge in [0.1, 0.15) is 11.8 Å². The van der Waals surface area contributed by atoms with Gasteiger partial charge in [-0.05, 0) is 47.7 Å². The first-order valence-electron chi connectivity index (χ1n) is 8.62. The van der Waals surface area contributed by atoms with Crippen LogP contribution in [-0.2, 0) is 4.79 Å². The van der Waals surface area contributed by atoms with Crippen LogP contribution >= 0.6 is 0 Å². The highest BCUT2D eigenvalue weighted by Gasteiger charge is 2.30. The molecule has 5 heteroatoms. The minimum Gasteiger partial charge on any atom is -0.497 e. The molecule has 1 aliphatic rings. The third kappa shape index (κ3) is 4.18. The van der Waals surface area contributed by atoms with Crippen molar-refractivity contribution in [3.63, 3.8) is 0 Å². The van der Waals surface area contributed by atoms with Crippen LogP contribution in [0.3, 0.4) is 0 Å². The molecule has 1 aliphatic heterocycles. The van der Waals surface area contributed by atoms with E-state index in [0.717, 1.165) is 17.0 Å². The summed E-state index contributed by atoms with van der Waals surface area (Å²) < 4.78 is 5.27. The number of nitrogens with one attached hydrogen (secondary N) is 3. The average molecular weight is 339 g/mol. The van der Waals surface area contributed by atoms with Crippen LogP contribution in [0.1, 0.15) is 43.4 Å². The summed E-state index contributed by atoms with van der Waals surface area (Å²) in [5.41, 5.74) is 9.47. The second kappa shape index (κ2) is 7.68. The van der Waals surface area contributed by atoms with Gasteiger partial charge in [0, 0.05) is 11.7 Å². The van der Waals surface area contributed by atoms with Gasteiger partial charge >= 0.3 is 0 Å². The molecule has 2 unspecified atom stereocenters. The van der Waals surface area contributed by atoms with Crippen molar-refractivity contribution >= 4 is 11.6 Å². The molecule has 0 aromatic heterocycles. The van der Waals surface area contributed by atoms with Crippen LogP contribution in [0, 0.1) is 0 Å². The van der Waals surface area contributed by atoms with Crippen molar-refractivity contribution in [2.45, 2.75) is 38.3 Å². The summed E-state index contributed by atoms with van der Waals surface area (Å²) in [6.45, 7) is 4.31. The van der Waals surface area contributed by atoms with Crippen LogP contribution in [0.4, 0.5) is 5.69 Å². The Morgan fingerprint density at radius 1 is 1.16 bits per heavy atom. The topological polar surface area (TPSA) is 62.4 Å². The third-order valence-electron chi connectivity index (χ3n) is 4.56. The zero-order chi connectivity index (χ0) is 17.8.